The third-order valence-electron chi connectivity index (χ3n) is 2.95. The van der Waals surface area contributed by atoms with Crippen LogP contribution in [0.3, 0.4) is 0 Å². The number of para-hydroxylation sites is 1. The van der Waals surface area contributed by atoms with Crippen LogP contribution in [0, 0.1) is 0 Å². The van der Waals surface area contributed by atoms with Crippen molar-refractivity contribution in [2.75, 3.05) is 31.4 Å². The minimum atomic E-state index is -0.502. The van der Waals surface area contributed by atoms with E-state index in [-0.39, 0.29) is 11.6 Å². The number of carbonyl (C=O) groups excluding carboxylic acids is 2. The summed E-state index contributed by atoms with van der Waals surface area (Å²) in [6, 6.07) is 4.64. The van der Waals surface area contributed by atoms with Crippen molar-refractivity contribution in [1.29, 1.82) is 0 Å². The summed E-state index contributed by atoms with van der Waals surface area (Å²) in [5, 5.41) is 9.77. The predicted molar refractivity (Wildman–Crippen MR) is 92.3 cm³/mol. The van der Waals surface area contributed by atoms with Gasteiger partial charge < -0.3 is 20.1 Å². The Morgan fingerprint density at radius 3 is 2.67 bits per heavy atom. The Morgan fingerprint density at radius 1 is 1.21 bits per heavy atom. The van der Waals surface area contributed by atoms with Gasteiger partial charge in [0.25, 0.3) is 5.91 Å². The molecule has 0 radical (unpaired) electrons. The van der Waals surface area contributed by atoms with E-state index in [1.54, 1.807) is 23.6 Å². The lowest BCUT2D eigenvalue weighted by atomic mass is 10.2. The molecule has 1 aromatic heterocycles. The van der Waals surface area contributed by atoms with Crippen LogP contribution in [0.5, 0.6) is 11.5 Å². The number of benzene rings is 1. The summed E-state index contributed by atoms with van der Waals surface area (Å²) in [6.45, 7) is 2.33. The second kappa shape index (κ2) is 8.16. The Labute approximate surface area is 143 Å². The lowest BCUT2D eigenvalue weighted by molar-refractivity contribution is 0.0951. The molecule has 1 heterocycles. The van der Waals surface area contributed by atoms with Crippen LogP contribution in [0.15, 0.2) is 23.6 Å². The fourth-order valence-corrected chi connectivity index (χ4v) is 2.61. The van der Waals surface area contributed by atoms with Gasteiger partial charge in [0.2, 0.25) is 0 Å². The number of hydrogen-bond acceptors (Lipinski definition) is 6. The summed E-state index contributed by atoms with van der Waals surface area (Å²) >= 11 is 1.16. The summed E-state index contributed by atoms with van der Waals surface area (Å²) in [5.41, 5.74) is 0.714. The van der Waals surface area contributed by atoms with Gasteiger partial charge in [-0.1, -0.05) is 6.07 Å². The second-order valence-electron chi connectivity index (χ2n) is 4.52. The molecule has 3 amide bonds. The normalized spacial score (nSPS) is 9.96. The molecule has 0 aliphatic rings. The van der Waals surface area contributed by atoms with Crippen molar-refractivity contribution in [2.24, 2.45) is 0 Å². The number of anilines is 2. The molecule has 0 fully saturated rings. The van der Waals surface area contributed by atoms with Gasteiger partial charge in [-0.3, -0.25) is 10.1 Å². The Morgan fingerprint density at radius 2 is 2.00 bits per heavy atom. The first kappa shape index (κ1) is 17.5. The quantitative estimate of drug-likeness (QED) is 0.743. The number of nitrogens with one attached hydrogen (secondary N) is 3. The summed E-state index contributed by atoms with van der Waals surface area (Å²) in [5.74, 6) is 0.636. The van der Waals surface area contributed by atoms with Crippen molar-refractivity contribution in [3.63, 3.8) is 0 Å². The van der Waals surface area contributed by atoms with Gasteiger partial charge in [-0.15, -0.1) is 11.3 Å². The molecule has 2 aromatic rings. The van der Waals surface area contributed by atoms with Crippen LogP contribution < -0.4 is 25.4 Å². The maximum absolute atomic E-state index is 12.1. The van der Waals surface area contributed by atoms with E-state index < -0.39 is 6.03 Å². The Balaban J connectivity index is 2.05. The van der Waals surface area contributed by atoms with E-state index in [1.807, 2.05) is 6.92 Å². The van der Waals surface area contributed by atoms with Crippen molar-refractivity contribution >= 4 is 34.1 Å². The lowest BCUT2D eigenvalue weighted by Crippen LogP contribution is -2.23. The fourth-order valence-electron chi connectivity index (χ4n) is 1.92. The molecule has 0 unspecified atom stereocenters. The number of carbonyl (C=O) groups is 2. The van der Waals surface area contributed by atoms with Gasteiger partial charge >= 0.3 is 6.03 Å². The third kappa shape index (κ3) is 4.13. The van der Waals surface area contributed by atoms with Crippen molar-refractivity contribution in [3.8, 4) is 11.5 Å². The zero-order chi connectivity index (χ0) is 17.5. The van der Waals surface area contributed by atoms with Gasteiger partial charge in [0.15, 0.2) is 16.6 Å². The molecule has 9 heteroatoms. The molecule has 24 heavy (non-hydrogen) atoms. The SMILES string of the molecule is CCNC(=O)c1csc(NC(=O)Nc2cccc(OC)c2OC)n1. The molecule has 3 N–H and O–H groups in total. The fraction of sp³-hybridized carbons (Fsp3) is 0.267. The number of amides is 3. The Kier molecular flexibility index (Phi) is 5.96. The Bertz CT molecular complexity index is 732. The van der Waals surface area contributed by atoms with Crippen LogP contribution >= 0.6 is 11.3 Å². The molecule has 2 rings (SSSR count). The van der Waals surface area contributed by atoms with Crippen LogP contribution in [-0.4, -0.2) is 37.7 Å². The number of nitrogens with zero attached hydrogens (tertiary/aromatic N) is 1. The summed E-state index contributed by atoms with van der Waals surface area (Å²) in [7, 11) is 3.00. The molecule has 1 aromatic carbocycles. The van der Waals surface area contributed by atoms with E-state index in [0.29, 0.717) is 28.9 Å². The number of ether oxygens (including phenoxy) is 2. The summed E-state index contributed by atoms with van der Waals surface area (Å²) < 4.78 is 10.4. The van der Waals surface area contributed by atoms with Crippen LogP contribution in [-0.2, 0) is 0 Å². The molecule has 128 valence electrons. The van der Waals surface area contributed by atoms with E-state index in [2.05, 4.69) is 20.9 Å². The smallest absolute Gasteiger partial charge is 0.325 e. The summed E-state index contributed by atoms with van der Waals surface area (Å²) in [4.78, 5) is 27.8. The number of methoxy groups -OCH3 is 2. The lowest BCUT2D eigenvalue weighted by Gasteiger charge is -2.13. The molecular weight excluding hydrogens is 332 g/mol. The largest absolute Gasteiger partial charge is 0.493 e. The first-order chi connectivity index (χ1) is 11.6. The maximum Gasteiger partial charge on any atom is 0.325 e. The number of urea groups is 1. The predicted octanol–water partition coefficient (Wildman–Crippen LogP) is 2.55. The highest BCUT2D eigenvalue weighted by Crippen LogP contribution is 2.34. The van der Waals surface area contributed by atoms with Crippen molar-refractivity contribution in [2.45, 2.75) is 6.92 Å². The minimum absolute atomic E-state index is 0.260. The van der Waals surface area contributed by atoms with Crippen LogP contribution in [0.4, 0.5) is 15.6 Å². The van der Waals surface area contributed by atoms with Gasteiger partial charge in [0, 0.05) is 11.9 Å². The molecular formula is C15H18N4O4S. The van der Waals surface area contributed by atoms with Gasteiger partial charge in [-0.25, -0.2) is 9.78 Å². The standard InChI is InChI=1S/C15H18N4O4S/c1-4-16-13(20)10-8-24-15(18-10)19-14(21)17-9-6-5-7-11(22-2)12(9)23-3/h5-8H,4H2,1-3H3,(H,16,20)(H2,17,18,19,21). The minimum Gasteiger partial charge on any atom is -0.493 e. The molecule has 0 aliphatic heterocycles. The zero-order valence-corrected chi connectivity index (χ0v) is 14.3. The van der Waals surface area contributed by atoms with Gasteiger partial charge in [0.05, 0.1) is 19.9 Å². The van der Waals surface area contributed by atoms with E-state index >= 15 is 0 Å². The van der Waals surface area contributed by atoms with Gasteiger partial charge in [0.1, 0.15) is 5.69 Å². The molecule has 0 bridgehead atoms. The topological polar surface area (TPSA) is 102 Å². The number of hydrogen-bond donors (Lipinski definition) is 3. The first-order valence-corrected chi connectivity index (χ1v) is 7.99. The second-order valence-corrected chi connectivity index (χ2v) is 5.38. The van der Waals surface area contributed by atoms with Crippen LogP contribution in [0.25, 0.3) is 0 Å². The number of aromatic nitrogens is 1. The van der Waals surface area contributed by atoms with Gasteiger partial charge in [-0.05, 0) is 19.1 Å². The maximum atomic E-state index is 12.1. The highest BCUT2D eigenvalue weighted by Gasteiger charge is 2.14. The van der Waals surface area contributed by atoms with E-state index in [4.69, 9.17) is 9.47 Å². The van der Waals surface area contributed by atoms with Crippen molar-refractivity contribution in [1.82, 2.24) is 10.3 Å². The van der Waals surface area contributed by atoms with E-state index in [9.17, 15) is 9.59 Å². The van der Waals surface area contributed by atoms with Crippen molar-refractivity contribution in [3.05, 3.63) is 29.3 Å². The Hall–Kier alpha value is -2.81. The molecule has 0 saturated heterocycles. The highest BCUT2D eigenvalue weighted by atomic mass is 32.1. The molecule has 0 spiro atoms. The van der Waals surface area contributed by atoms with E-state index in [1.165, 1.54) is 14.2 Å². The molecule has 8 nitrogen and oxygen atoms in total. The molecule has 0 atom stereocenters. The molecule has 0 saturated carbocycles. The highest BCUT2D eigenvalue weighted by molar-refractivity contribution is 7.14. The number of thiazole rings is 1. The average Bonchev–Trinajstić information content (AvgIpc) is 3.03. The van der Waals surface area contributed by atoms with Crippen LogP contribution in [0.2, 0.25) is 0 Å². The average molecular weight is 350 g/mol. The van der Waals surface area contributed by atoms with E-state index in [0.717, 1.165) is 11.3 Å². The van der Waals surface area contributed by atoms with Crippen LogP contribution in [0.1, 0.15) is 17.4 Å². The number of rotatable bonds is 6. The van der Waals surface area contributed by atoms with Crippen molar-refractivity contribution < 1.29 is 19.1 Å². The first-order valence-electron chi connectivity index (χ1n) is 7.11. The third-order valence-corrected chi connectivity index (χ3v) is 3.70. The zero-order valence-electron chi connectivity index (χ0n) is 13.5. The monoisotopic (exact) mass is 350 g/mol. The van der Waals surface area contributed by atoms with Gasteiger partial charge in [-0.2, -0.15) is 0 Å². The molecule has 0 aliphatic carbocycles. The summed E-state index contributed by atoms with van der Waals surface area (Å²) in [6.07, 6.45) is 0.